The van der Waals surface area contributed by atoms with Crippen molar-refractivity contribution in [3.63, 3.8) is 0 Å². The first-order valence-corrected chi connectivity index (χ1v) is 5.01. The van der Waals surface area contributed by atoms with Gasteiger partial charge in [-0.25, -0.2) is 0 Å². The molecule has 0 heteroatoms. The van der Waals surface area contributed by atoms with Gasteiger partial charge in [0.15, 0.2) is 0 Å². The molecule has 0 bridgehead atoms. The van der Waals surface area contributed by atoms with Gasteiger partial charge in [-0.3, -0.25) is 0 Å². The molecule has 2 rings (SSSR count). The van der Waals surface area contributed by atoms with Crippen LogP contribution in [0.4, 0.5) is 0 Å². The maximum absolute atomic E-state index is 2.41. The summed E-state index contributed by atoms with van der Waals surface area (Å²) in [6.45, 7) is 4.81. The Hall–Kier alpha value is -0.260. The van der Waals surface area contributed by atoms with Gasteiger partial charge in [0.05, 0.1) is 0 Å². The minimum atomic E-state index is 0.917. The molecule has 0 heterocycles. The van der Waals surface area contributed by atoms with Crippen LogP contribution in [-0.2, 0) is 0 Å². The van der Waals surface area contributed by atoms with Crippen LogP contribution >= 0.6 is 0 Å². The molecule has 0 aromatic heterocycles. The molecule has 0 radical (unpaired) electrons. The van der Waals surface area contributed by atoms with Crippen molar-refractivity contribution in [3.8, 4) is 0 Å². The Kier molecular flexibility index (Phi) is 1.78. The van der Waals surface area contributed by atoms with Gasteiger partial charge in [-0.15, -0.1) is 0 Å². The summed E-state index contributed by atoms with van der Waals surface area (Å²) in [4.78, 5) is 0. The van der Waals surface area contributed by atoms with Crippen LogP contribution in [0.25, 0.3) is 0 Å². The molecule has 0 saturated heterocycles. The number of allylic oxidation sites excluding steroid dienone is 2. The number of rotatable bonds is 0. The highest BCUT2D eigenvalue weighted by Gasteiger charge is 2.28. The van der Waals surface area contributed by atoms with E-state index in [0.717, 1.165) is 11.8 Å². The molecule has 2 unspecified atom stereocenters. The number of hydrogen-bond donors (Lipinski definition) is 0. The summed E-state index contributed by atoms with van der Waals surface area (Å²) in [6.07, 6.45) is 7.18. The molecular weight excluding hydrogens is 132 g/mol. The van der Waals surface area contributed by atoms with Crippen LogP contribution in [0, 0.1) is 11.8 Å². The Balaban J connectivity index is 2.25. The van der Waals surface area contributed by atoms with E-state index in [9.17, 15) is 0 Å². The third-order valence-electron chi connectivity index (χ3n) is 3.45. The minimum absolute atomic E-state index is 0.917. The molecule has 0 saturated carbocycles. The molecule has 0 nitrogen and oxygen atoms in total. The average Bonchev–Trinajstić information content (AvgIpc) is 2.30. The fourth-order valence-corrected chi connectivity index (χ4v) is 2.89. The lowest BCUT2D eigenvalue weighted by molar-refractivity contribution is 0.561. The molecule has 2 aliphatic rings. The molecule has 0 aromatic rings. The zero-order valence-electron chi connectivity index (χ0n) is 7.69. The largest absolute Gasteiger partial charge is 0.0679 e. The van der Waals surface area contributed by atoms with Crippen molar-refractivity contribution in [2.75, 3.05) is 0 Å². The second-order valence-corrected chi connectivity index (χ2v) is 4.30. The van der Waals surface area contributed by atoms with Crippen molar-refractivity contribution >= 4 is 0 Å². The first-order chi connectivity index (χ1) is 5.29. The lowest BCUT2D eigenvalue weighted by Crippen LogP contribution is -2.00. The predicted octanol–water partition coefficient (Wildman–Crippen LogP) is 3.53. The zero-order chi connectivity index (χ0) is 7.84. The summed E-state index contributed by atoms with van der Waals surface area (Å²) in [5.74, 6) is 1.83. The smallest absolute Gasteiger partial charge is 0.0223 e. The summed E-state index contributed by atoms with van der Waals surface area (Å²) in [5, 5.41) is 0. The topological polar surface area (TPSA) is 0 Å². The van der Waals surface area contributed by atoms with Gasteiger partial charge >= 0.3 is 0 Å². The van der Waals surface area contributed by atoms with Gasteiger partial charge in [0, 0.05) is 0 Å². The van der Waals surface area contributed by atoms with Crippen molar-refractivity contribution in [1.82, 2.24) is 0 Å². The maximum atomic E-state index is 2.41. The van der Waals surface area contributed by atoms with Crippen LogP contribution in [0.15, 0.2) is 11.1 Å². The zero-order valence-corrected chi connectivity index (χ0v) is 7.69. The summed E-state index contributed by atoms with van der Waals surface area (Å²) >= 11 is 0. The minimum Gasteiger partial charge on any atom is -0.0679 e. The Morgan fingerprint density at radius 2 is 1.36 bits per heavy atom. The Morgan fingerprint density at radius 3 is 1.82 bits per heavy atom. The molecule has 62 valence electrons. The van der Waals surface area contributed by atoms with Crippen LogP contribution in [0.1, 0.15) is 46.0 Å². The molecule has 0 fully saturated rings. The SMILES string of the molecule is CC1CC(C)C2=C1CCCC2. The van der Waals surface area contributed by atoms with Crippen LogP contribution in [0.3, 0.4) is 0 Å². The van der Waals surface area contributed by atoms with E-state index in [1.54, 1.807) is 0 Å². The highest BCUT2D eigenvalue weighted by atomic mass is 14.3. The Bertz CT molecular complexity index is 168. The van der Waals surface area contributed by atoms with E-state index in [1.165, 1.54) is 32.1 Å². The van der Waals surface area contributed by atoms with E-state index < -0.39 is 0 Å². The van der Waals surface area contributed by atoms with Crippen LogP contribution in [-0.4, -0.2) is 0 Å². The molecule has 2 aliphatic carbocycles. The van der Waals surface area contributed by atoms with Crippen LogP contribution in [0.5, 0.6) is 0 Å². The van der Waals surface area contributed by atoms with E-state index in [0.29, 0.717) is 0 Å². The molecule has 0 aromatic carbocycles. The Morgan fingerprint density at radius 1 is 0.909 bits per heavy atom. The highest BCUT2D eigenvalue weighted by molar-refractivity contribution is 5.26. The second kappa shape index (κ2) is 2.66. The van der Waals surface area contributed by atoms with Gasteiger partial charge in [-0.2, -0.15) is 0 Å². The van der Waals surface area contributed by atoms with E-state index in [1.807, 2.05) is 11.1 Å². The molecule has 0 spiro atoms. The molecule has 0 aliphatic heterocycles. The molecule has 11 heavy (non-hydrogen) atoms. The normalized spacial score (nSPS) is 37.6. The summed E-state index contributed by atoms with van der Waals surface area (Å²) in [6, 6.07) is 0. The fraction of sp³-hybridized carbons (Fsp3) is 0.818. The van der Waals surface area contributed by atoms with Crippen molar-refractivity contribution in [2.45, 2.75) is 46.0 Å². The molecular formula is C11H18. The van der Waals surface area contributed by atoms with Gasteiger partial charge in [0.25, 0.3) is 0 Å². The van der Waals surface area contributed by atoms with Gasteiger partial charge in [0.1, 0.15) is 0 Å². The van der Waals surface area contributed by atoms with E-state index >= 15 is 0 Å². The van der Waals surface area contributed by atoms with E-state index in [-0.39, 0.29) is 0 Å². The lowest BCUT2D eigenvalue weighted by Gasteiger charge is -2.17. The van der Waals surface area contributed by atoms with Crippen molar-refractivity contribution in [1.29, 1.82) is 0 Å². The second-order valence-electron chi connectivity index (χ2n) is 4.30. The van der Waals surface area contributed by atoms with Crippen molar-refractivity contribution in [3.05, 3.63) is 11.1 Å². The molecule has 0 amide bonds. The predicted molar refractivity (Wildman–Crippen MR) is 48.4 cm³/mol. The van der Waals surface area contributed by atoms with Crippen LogP contribution in [0.2, 0.25) is 0 Å². The van der Waals surface area contributed by atoms with Gasteiger partial charge in [-0.1, -0.05) is 25.0 Å². The van der Waals surface area contributed by atoms with E-state index in [2.05, 4.69) is 13.8 Å². The lowest BCUT2D eigenvalue weighted by atomic mass is 9.89. The first-order valence-electron chi connectivity index (χ1n) is 5.01. The maximum Gasteiger partial charge on any atom is -0.0223 e. The molecule has 0 N–H and O–H groups in total. The quantitative estimate of drug-likeness (QED) is 0.463. The summed E-state index contributed by atoms with van der Waals surface area (Å²) in [7, 11) is 0. The van der Waals surface area contributed by atoms with Crippen molar-refractivity contribution in [2.24, 2.45) is 11.8 Å². The van der Waals surface area contributed by atoms with Gasteiger partial charge < -0.3 is 0 Å². The van der Waals surface area contributed by atoms with Gasteiger partial charge in [-0.05, 0) is 43.9 Å². The Labute approximate surface area is 69.7 Å². The fourth-order valence-electron chi connectivity index (χ4n) is 2.89. The summed E-state index contributed by atoms with van der Waals surface area (Å²) in [5.41, 5.74) is 3.67. The first kappa shape index (κ1) is 7.39. The monoisotopic (exact) mass is 150 g/mol. The van der Waals surface area contributed by atoms with Gasteiger partial charge in [0.2, 0.25) is 0 Å². The average molecular weight is 150 g/mol. The third-order valence-corrected chi connectivity index (χ3v) is 3.45. The third kappa shape index (κ3) is 1.13. The highest BCUT2D eigenvalue weighted by Crippen LogP contribution is 2.43. The molecule has 2 atom stereocenters. The standard InChI is InChI=1S/C11H18/c1-8-7-9(2)11-6-4-3-5-10(8)11/h8-9H,3-7H2,1-2H3. The van der Waals surface area contributed by atoms with Crippen LogP contribution < -0.4 is 0 Å². The number of hydrogen-bond acceptors (Lipinski definition) is 0. The van der Waals surface area contributed by atoms with E-state index in [4.69, 9.17) is 0 Å². The summed E-state index contributed by atoms with van der Waals surface area (Å²) < 4.78 is 0. The van der Waals surface area contributed by atoms with Crippen molar-refractivity contribution < 1.29 is 0 Å².